The van der Waals surface area contributed by atoms with E-state index in [4.69, 9.17) is 9.47 Å². The van der Waals surface area contributed by atoms with E-state index in [1.54, 1.807) is 55.6 Å². The number of benzene rings is 2. The van der Waals surface area contributed by atoms with Crippen LogP contribution >= 0.6 is 15.9 Å². The van der Waals surface area contributed by atoms with E-state index in [-0.39, 0.29) is 31.0 Å². The van der Waals surface area contributed by atoms with Gasteiger partial charge in [0.05, 0.1) is 35.7 Å². The zero-order valence-electron chi connectivity index (χ0n) is 20.9. The van der Waals surface area contributed by atoms with Crippen LogP contribution in [0.2, 0.25) is 0 Å². The van der Waals surface area contributed by atoms with E-state index in [2.05, 4.69) is 26.2 Å². The highest BCUT2D eigenvalue weighted by atomic mass is 79.9. The second kappa shape index (κ2) is 12.2. The van der Waals surface area contributed by atoms with Gasteiger partial charge >= 0.3 is 5.97 Å². The van der Waals surface area contributed by atoms with Crippen LogP contribution in [-0.2, 0) is 20.9 Å². The lowest BCUT2D eigenvalue weighted by Crippen LogP contribution is -2.46. The predicted molar refractivity (Wildman–Crippen MR) is 141 cm³/mol. The molecule has 10 heteroatoms. The van der Waals surface area contributed by atoms with Gasteiger partial charge in [0.15, 0.2) is 0 Å². The monoisotopic (exact) mass is 583 g/mol. The number of halogens is 2. The van der Waals surface area contributed by atoms with Crippen LogP contribution in [0.3, 0.4) is 0 Å². The molecule has 1 aliphatic rings. The Morgan fingerprint density at radius 3 is 2.55 bits per heavy atom. The summed E-state index contributed by atoms with van der Waals surface area (Å²) in [7, 11) is 1.54. The van der Waals surface area contributed by atoms with E-state index in [1.165, 1.54) is 30.3 Å². The van der Waals surface area contributed by atoms with Crippen molar-refractivity contribution in [1.82, 2.24) is 15.2 Å². The first-order valence-electron chi connectivity index (χ1n) is 12.1. The number of aromatic nitrogens is 1. The van der Waals surface area contributed by atoms with Crippen molar-refractivity contribution in [3.63, 3.8) is 0 Å². The first-order valence-corrected chi connectivity index (χ1v) is 12.9. The second-order valence-corrected chi connectivity index (χ2v) is 9.60. The molecular formula is C28H27BrFN3O5. The molecule has 3 aromatic rings. The number of nitrogens with zero attached hydrogens (tertiary/aromatic N) is 2. The van der Waals surface area contributed by atoms with Crippen LogP contribution in [0.15, 0.2) is 71.5 Å². The van der Waals surface area contributed by atoms with Crippen molar-refractivity contribution in [3.05, 3.63) is 94.0 Å². The molecule has 4 rings (SSSR count). The van der Waals surface area contributed by atoms with Gasteiger partial charge in [0.1, 0.15) is 17.6 Å². The Labute approximate surface area is 228 Å². The number of hydrogen-bond donors (Lipinski definition) is 1. The fourth-order valence-electron chi connectivity index (χ4n) is 4.65. The highest BCUT2D eigenvalue weighted by Gasteiger charge is 2.51. The fourth-order valence-corrected chi connectivity index (χ4v) is 5.21. The number of nitrogens with one attached hydrogen (secondary N) is 1. The Morgan fingerprint density at radius 1 is 1.16 bits per heavy atom. The lowest BCUT2D eigenvalue weighted by Gasteiger charge is -2.31. The summed E-state index contributed by atoms with van der Waals surface area (Å²) in [5.74, 6) is -1.97. The van der Waals surface area contributed by atoms with Crippen LogP contribution in [-0.4, -0.2) is 47.4 Å². The Morgan fingerprint density at radius 2 is 1.92 bits per heavy atom. The Kier molecular flexibility index (Phi) is 8.73. The van der Waals surface area contributed by atoms with Gasteiger partial charge in [-0.3, -0.25) is 19.4 Å². The minimum atomic E-state index is -0.969. The fraction of sp³-hybridized carbons (Fsp3) is 0.286. The highest BCUT2D eigenvalue weighted by Crippen LogP contribution is 2.44. The third-order valence-electron chi connectivity index (χ3n) is 6.43. The van der Waals surface area contributed by atoms with Gasteiger partial charge in [0, 0.05) is 18.9 Å². The van der Waals surface area contributed by atoms with Crippen LogP contribution in [0.1, 0.15) is 40.9 Å². The topological polar surface area (TPSA) is 97.8 Å². The molecule has 0 spiro atoms. The van der Waals surface area contributed by atoms with Gasteiger partial charge in [-0.25, -0.2) is 4.39 Å². The smallest absolute Gasteiger partial charge is 0.311 e. The van der Waals surface area contributed by atoms with E-state index in [0.717, 1.165) is 0 Å². The molecule has 8 nitrogen and oxygen atoms in total. The molecule has 38 heavy (non-hydrogen) atoms. The number of likely N-dealkylation sites (tertiary alicyclic amines) is 1. The van der Waals surface area contributed by atoms with Crippen molar-refractivity contribution in [3.8, 4) is 5.75 Å². The van der Waals surface area contributed by atoms with Crippen LogP contribution in [0.25, 0.3) is 0 Å². The molecule has 2 aromatic carbocycles. The molecule has 0 radical (unpaired) electrons. The maximum atomic E-state index is 13.9. The quantitative estimate of drug-likeness (QED) is 0.394. The van der Waals surface area contributed by atoms with Crippen molar-refractivity contribution < 1.29 is 28.2 Å². The Bertz CT molecular complexity index is 1310. The number of methoxy groups -OCH3 is 1. The summed E-state index contributed by atoms with van der Waals surface area (Å²) in [4.78, 5) is 46.0. The van der Waals surface area contributed by atoms with Gasteiger partial charge in [0.25, 0.3) is 5.91 Å². The van der Waals surface area contributed by atoms with Crippen LogP contribution in [0.5, 0.6) is 5.75 Å². The molecule has 198 valence electrons. The summed E-state index contributed by atoms with van der Waals surface area (Å²) in [6, 6.07) is 12.5. The number of hydrogen-bond acceptors (Lipinski definition) is 6. The molecule has 2 amide bonds. The number of esters is 1. The zero-order chi connectivity index (χ0) is 27.2. The van der Waals surface area contributed by atoms with Crippen molar-refractivity contribution >= 4 is 33.7 Å². The van der Waals surface area contributed by atoms with E-state index >= 15 is 0 Å². The number of rotatable bonds is 8. The average molecular weight is 584 g/mol. The van der Waals surface area contributed by atoms with Crippen molar-refractivity contribution in [2.24, 2.45) is 5.92 Å². The van der Waals surface area contributed by atoms with E-state index in [1.807, 2.05) is 0 Å². The summed E-state index contributed by atoms with van der Waals surface area (Å²) >= 11 is 3.48. The number of amides is 2. The lowest BCUT2D eigenvalue weighted by molar-refractivity contribution is -0.148. The van der Waals surface area contributed by atoms with Gasteiger partial charge < -0.3 is 19.7 Å². The van der Waals surface area contributed by atoms with Crippen LogP contribution in [0, 0.1) is 11.7 Å². The van der Waals surface area contributed by atoms with Crippen LogP contribution < -0.4 is 10.1 Å². The standard InChI is InChI=1S/C28H27BrFN3O5/c1-3-38-28(36)21-14-23(26(34)32-15-17-6-9-20(30)10-7-17)33(27(35)19-5-4-12-31-16-19)25(21)18-8-11-24(37-2)22(29)13-18/h4-13,16,21,23,25H,3,14-15H2,1-2H3,(H,32,34). The molecule has 1 fully saturated rings. The number of carbonyl (C=O) groups is 3. The third-order valence-corrected chi connectivity index (χ3v) is 7.05. The van der Waals surface area contributed by atoms with Gasteiger partial charge in [-0.2, -0.15) is 0 Å². The molecule has 0 aliphatic carbocycles. The van der Waals surface area contributed by atoms with Crippen LogP contribution in [0.4, 0.5) is 4.39 Å². The molecule has 1 aromatic heterocycles. The van der Waals surface area contributed by atoms with Gasteiger partial charge in [0.2, 0.25) is 5.91 Å². The number of ether oxygens (including phenoxy) is 2. The molecule has 3 unspecified atom stereocenters. The molecule has 1 N–H and O–H groups in total. The maximum Gasteiger partial charge on any atom is 0.311 e. The lowest BCUT2D eigenvalue weighted by atomic mass is 9.92. The maximum absolute atomic E-state index is 13.9. The van der Waals surface area contributed by atoms with Gasteiger partial charge in [-0.1, -0.05) is 18.2 Å². The third kappa shape index (κ3) is 5.85. The molecule has 0 saturated carbocycles. The highest BCUT2D eigenvalue weighted by molar-refractivity contribution is 9.10. The van der Waals surface area contributed by atoms with Crippen molar-refractivity contribution in [2.45, 2.75) is 32.0 Å². The summed E-state index contributed by atoms with van der Waals surface area (Å²) in [6.07, 6.45) is 3.04. The molecular weight excluding hydrogens is 557 g/mol. The van der Waals surface area contributed by atoms with Gasteiger partial charge in [-0.05, 0) is 76.8 Å². The second-order valence-electron chi connectivity index (χ2n) is 8.75. The molecule has 0 bridgehead atoms. The molecule has 1 aliphatic heterocycles. The first-order chi connectivity index (χ1) is 18.3. The normalized spacial score (nSPS) is 18.6. The summed E-state index contributed by atoms with van der Waals surface area (Å²) in [6.45, 7) is 2.00. The summed E-state index contributed by atoms with van der Waals surface area (Å²) in [5.41, 5.74) is 1.62. The number of carbonyl (C=O) groups excluding carboxylic acids is 3. The summed E-state index contributed by atoms with van der Waals surface area (Å²) in [5, 5.41) is 2.84. The molecule has 2 heterocycles. The van der Waals surface area contributed by atoms with E-state index in [0.29, 0.717) is 21.3 Å². The van der Waals surface area contributed by atoms with Crippen molar-refractivity contribution in [2.75, 3.05) is 13.7 Å². The summed E-state index contributed by atoms with van der Waals surface area (Å²) < 4.78 is 24.6. The Hall–Kier alpha value is -3.79. The SMILES string of the molecule is CCOC(=O)C1CC(C(=O)NCc2ccc(F)cc2)N(C(=O)c2cccnc2)C1c1ccc(OC)c(Br)c1. The number of pyridine rings is 1. The molecule has 1 saturated heterocycles. The minimum Gasteiger partial charge on any atom is -0.496 e. The van der Waals surface area contributed by atoms with E-state index < -0.39 is 35.8 Å². The molecule has 3 atom stereocenters. The minimum absolute atomic E-state index is 0.0639. The largest absolute Gasteiger partial charge is 0.496 e. The first kappa shape index (κ1) is 27.3. The van der Waals surface area contributed by atoms with Gasteiger partial charge in [-0.15, -0.1) is 0 Å². The van der Waals surface area contributed by atoms with E-state index in [9.17, 15) is 18.8 Å². The average Bonchev–Trinajstić information content (AvgIpc) is 3.33. The van der Waals surface area contributed by atoms with Crippen molar-refractivity contribution in [1.29, 1.82) is 0 Å². The Balaban J connectivity index is 1.74. The zero-order valence-corrected chi connectivity index (χ0v) is 22.5. The predicted octanol–water partition coefficient (Wildman–Crippen LogP) is 4.44.